The molecule has 0 spiro atoms. The first-order valence-electron chi connectivity index (χ1n) is 13.0. The lowest BCUT2D eigenvalue weighted by Crippen LogP contribution is -2.39. The molecule has 1 N–H and O–H groups in total. The highest BCUT2D eigenvalue weighted by Gasteiger charge is 2.43. The number of hydrogen-bond acceptors (Lipinski definition) is 7. The number of amides is 1. The lowest BCUT2D eigenvalue weighted by Gasteiger charge is -2.31. The fourth-order valence-corrected chi connectivity index (χ4v) is 4.95. The number of nitrogens with zero attached hydrogens (tertiary/aromatic N) is 3. The summed E-state index contributed by atoms with van der Waals surface area (Å²) in [6.45, 7) is 8.28. The van der Waals surface area contributed by atoms with Gasteiger partial charge in [-0.15, -0.1) is 0 Å². The van der Waals surface area contributed by atoms with Gasteiger partial charge >= 0.3 is 12.1 Å². The summed E-state index contributed by atoms with van der Waals surface area (Å²) < 4.78 is 10.8. The quantitative estimate of drug-likeness (QED) is 0.498. The maximum Gasteiger partial charge on any atom is 0.410 e. The van der Waals surface area contributed by atoms with E-state index in [-0.39, 0.29) is 18.5 Å². The van der Waals surface area contributed by atoms with Gasteiger partial charge in [0.2, 0.25) is 5.95 Å². The average molecular weight is 495 g/mol. The molecular weight excluding hydrogens is 456 g/mol. The zero-order valence-corrected chi connectivity index (χ0v) is 21.6. The Morgan fingerprint density at radius 2 is 1.75 bits per heavy atom. The van der Waals surface area contributed by atoms with Crippen LogP contribution < -0.4 is 5.32 Å². The van der Waals surface area contributed by atoms with E-state index in [4.69, 9.17) is 9.47 Å². The van der Waals surface area contributed by atoms with Crippen molar-refractivity contribution in [2.45, 2.75) is 65.1 Å². The van der Waals surface area contributed by atoms with Gasteiger partial charge in [0.1, 0.15) is 12.2 Å². The molecule has 4 rings (SSSR count). The average Bonchev–Trinajstić information content (AvgIpc) is 3.63. The van der Waals surface area contributed by atoms with Crippen LogP contribution in [0.2, 0.25) is 0 Å². The lowest BCUT2D eigenvalue weighted by molar-refractivity contribution is -0.153. The molecule has 1 amide bonds. The highest BCUT2D eigenvalue weighted by Crippen LogP contribution is 2.49. The van der Waals surface area contributed by atoms with Crippen molar-refractivity contribution in [1.82, 2.24) is 14.9 Å². The number of nitrogens with one attached hydrogen (secondary N) is 1. The minimum Gasteiger partial charge on any atom is -0.460 e. The van der Waals surface area contributed by atoms with Gasteiger partial charge < -0.3 is 19.7 Å². The van der Waals surface area contributed by atoms with Crippen LogP contribution in [0, 0.1) is 17.8 Å². The number of likely N-dealkylation sites (tertiary alicyclic amines) is 1. The first kappa shape index (κ1) is 25.9. The van der Waals surface area contributed by atoms with E-state index in [1.165, 1.54) is 6.42 Å². The molecule has 2 atom stereocenters. The molecule has 8 nitrogen and oxygen atoms in total. The molecule has 2 fully saturated rings. The third-order valence-electron chi connectivity index (χ3n) is 6.86. The molecular formula is C28H38N4O4. The van der Waals surface area contributed by atoms with E-state index in [2.05, 4.69) is 15.3 Å². The number of hydrogen-bond donors (Lipinski definition) is 1. The minimum absolute atomic E-state index is 0.171. The van der Waals surface area contributed by atoms with Crippen molar-refractivity contribution in [3.63, 3.8) is 0 Å². The van der Waals surface area contributed by atoms with Crippen LogP contribution >= 0.6 is 0 Å². The Hall–Kier alpha value is -3.16. The zero-order valence-electron chi connectivity index (χ0n) is 21.6. The Labute approximate surface area is 213 Å². The van der Waals surface area contributed by atoms with Gasteiger partial charge in [0.25, 0.3) is 0 Å². The second-order valence-corrected chi connectivity index (χ2v) is 10.9. The normalized spacial score (nSPS) is 20.0. The smallest absolute Gasteiger partial charge is 0.410 e. The molecule has 1 saturated heterocycles. The fourth-order valence-electron chi connectivity index (χ4n) is 4.95. The van der Waals surface area contributed by atoms with Crippen molar-refractivity contribution in [2.24, 2.45) is 17.8 Å². The van der Waals surface area contributed by atoms with Crippen LogP contribution in [0.3, 0.4) is 0 Å². The summed E-state index contributed by atoms with van der Waals surface area (Å²) >= 11 is 0. The maximum atomic E-state index is 12.4. The first-order valence-corrected chi connectivity index (χ1v) is 13.0. The van der Waals surface area contributed by atoms with Gasteiger partial charge in [0.05, 0.1) is 6.42 Å². The summed E-state index contributed by atoms with van der Waals surface area (Å²) in [7, 11) is 0. The van der Waals surface area contributed by atoms with Gasteiger partial charge in [-0.05, 0) is 69.8 Å². The van der Waals surface area contributed by atoms with Crippen molar-refractivity contribution in [1.29, 1.82) is 0 Å². The Balaban J connectivity index is 1.10. The summed E-state index contributed by atoms with van der Waals surface area (Å²) in [5.41, 5.74) is 1.26. The van der Waals surface area contributed by atoms with Crippen LogP contribution in [-0.2, 0) is 27.3 Å². The van der Waals surface area contributed by atoms with Gasteiger partial charge in [0, 0.05) is 37.6 Å². The minimum atomic E-state index is -0.495. The second-order valence-electron chi connectivity index (χ2n) is 10.9. The third-order valence-corrected chi connectivity index (χ3v) is 6.86. The van der Waals surface area contributed by atoms with E-state index in [0.717, 1.165) is 61.9 Å². The van der Waals surface area contributed by atoms with E-state index >= 15 is 0 Å². The van der Waals surface area contributed by atoms with E-state index in [9.17, 15) is 9.59 Å². The summed E-state index contributed by atoms with van der Waals surface area (Å²) in [4.78, 5) is 34.9. The van der Waals surface area contributed by atoms with E-state index in [1.807, 2.05) is 56.0 Å². The van der Waals surface area contributed by atoms with E-state index in [0.29, 0.717) is 18.5 Å². The SMILES string of the molecule is CC(C)(C)OC(=O)Cc1cnc(NCCC2CC2C2CCN(C(=O)OCc3ccccc3)CC2)nc1. The van der Waals surface area contributed by atoms with Crippen molar-refractivity contribution >= 4 is 18.0 Å². The van der Waals surface area contributed by atoms with Gasteiger partial charge in [-0.1, -0.05) is 30.3 Å². The number of esters is 1. The molecule has 0 bridgehead atoms. The Kier molecular flexibility index (Phi) is 8.44. The predicted octanol–water partition coefficient (Wildman–Crippen LogP) is 4.85. The van der Waals surface area contributed by atoms with Crippen molar-refractivity contribution in [3.05, 3.63) is 53.9 Å². The number of carbonyl (C=O) groups is 2. The molecule has 2 aromatic rings. The standard InChI is InChI=1S/C28H38N4O4/c1-28(2,3)36-25(33)15-21-17-30-26(31-18-21)29-12-9-23-16-24(23)22-10-13-32(14-11-22)27(34)35-19-20-7-5-4-6-8-20/h4-8,17-18,22-24H,9-16,19H2,1-3H3,(H,29,30,31). The van der Waals surface area contributed by atoms with Gasteiger partial charge in [-0.2, -0.15) is 0 Å². The number of benzene rings is 1. The molecule has 36 heavy (non-hydrogen) atoms. The van der Waals surface area contributed by atoms with E-state index < -0.39 is 5.60 Å². The van der Waals surface area contributed by atoms with Crippen LogP contribution in [0.5, 0.6) is 0 Å². The summed E-state index contributed by atoms with van der Waals surface area (Å²) in [6.07, 6.45) is 7.79. The molecule has 1 aromatic carbocycles. The van der Waals surface area contributed by atoms with Crippen molar-refractivity contribution in [3.8, 4) is 0 Å². The molecule has 2 aliphatic rings. The van der Waals surface area contributed by atoms with Crippen LogP contribution in [-0.4, -0.2) is 52.2 Å². The zero-order chi connectivity index (χ0) is 25.5. The number of rotatable bonds is 9. The van der Waals surface area contributed by atoms with Crippen LogP contribution in [0.4, 0.5) is 10.7 Å². The topological polar surface area (TPSA) is 93.7 Å². The van der Waals surface area contributed by atoms with Crippen LogP contribution in [0.1, 0.15) is 57.6 Å². The molecule has 194 valence electrons. The molecule has 2 unspecified atom stereocenters. The fraction of sp³-hybridized carbons (Fsp3) is 0.571. The third kappa shape index (κ3) is 7.93. The molecule has 1 aliphatic heterocycles. The molecule has 2 heterocycles. The highest BCUT2D eigenvalue weighted by molar-refractivity contribution is 5.72. The Morgan fingerprint density at radius 1 is 1.06 bits per heavy atom. The Bertz CT molecular complexity index is 998. The number of carbonyl (C=O) groups excluding carboxylic acids is 2. The molecule has 1 aromatic heterocycles. The monoisotopic (exact) mass is 494 g/mol. The molecule has 1 aliphatic carbocycles. The van der Waals surface area contributed by atoms with Crippen molar-refractivity contribution < 1.29 is 19.1 Å². The number of aromatic nitrogens is 2. The highest BCUT2D eigenvalue weighted by atomic mass is 16.6. The summed E-state index contributed by atoms with van der Waals surface area (Å²) in [5, 5.41) is 3.30. The predicted molar refractivity (Wildman–Crippen MR) is 137 cm³/mol. The largest absolute Gasteiger partial charge is 0.460 e. The second kappa shape index (κ2) is 11.7. The van der Waals surface area contributed by atoms with Gasteiger partial charge in [-0.25, -0.2) is 14.8 Å². The molecule has 8 heteroatoms. The van der Waals surface area contributed by atoms with Crippen LogP contribution in [0.25, 0.3) is 0 Å². The van der Waals surface area contributed by atoms with E-state index in [1.54, 1.807) is 12.4 Å². The number of ether oxygens (including phenoxy) is 2. The van der Waals surface area contributed by atoms with Crippen molar-refractivity contribution in [2.75, 3.05) is 25.0 Å². The summed E-state index contributed by atoms with van der Waals surface area (Å²) in [6, 6.07) is 9.80. The first-order chi connectivity index (χ1) is 17.3. The molecule has 0 radical (unpaired) electrons. The van der Waals surface area contributed by atoms with Crippen LogP contribution in [0.15, 0.2) is 42.7 Å². The number of anilines is 1. The lowest BCUT2D eigenvalue weighted by atomic mass is 9.90. The van der Waals surface area contributed by atoms with Gasteiger partial charge in [-0.3, -0.25) is 4.79 Å². The summed E-state index contributed by atoms with van der Waals surface area (Å²) in [5.74, 6) is 2.48. The Morgan fingerprint density at radius 3 is 2.42 bits per heavy atom. The maximum absolute atomic E-state index is 12.4. The number of piperidine rings is 1. The van der Waals surface area contributed by atoms with Gasteiger partial charge in [0.15, 0.2) is 0 Å². The molecule has 1 saturated carbocycles.